The van der Waals surface area contributed by atoms with Crippen LogP contribution in [0, 0.1) is 5.92 Å². The fourth-order valence-corrected chi connectivity index (χ4v) is 3.07. The van der Waals surface area contributed by atoms with Crippen LogP contribution in [0.25, 0.3) is 0 Å². The Morgan fingerprint density at radius 2 is 2.26 bits per heavy atom. The molecule has 0 saturated carbocycles. The van der Waals surface area contributed by atoms with E-state index in [4.69, 9.17) is 27.9 Å². The van der Waals surface area contributed by atoms with Crippen molar-refractivity contribution < 1.29 is 4.74 Å². The molecule has 19 heavy (non-hydrogen) atoms. The topological polar surface area (TPSA) is 21.3 Å². The molecule has 1 N–H and O–H groups in total. The number of benzene rings is 1. The first-order chi connectivity index (χ1) is 9.20. The summed E-state index contributed by atoms with van der Waals surface area (Å²) in [5.74, 6) is 0.714. The Morgan fingerprint density at radius 1 is 1.42 bits per heavy atom. The van der Waals surface area contributed by atoms with Gasteiger partial charge in [0.25, 0.3) is 0 Å². The monoisotopic (exact) mass is 301 g/mol. The summed E-state index contributed by atoms with van der Waals surface area (Å²) in [6.45, 7) is 5.01. The lowest BCUT2D eigenvalue weighted by molar-refractivity contribution is 0.184. The minimum atomic E-state index is 0.298. The molecule has 4 heteroatoms. The highest BCUT2D eigenvalue weighted by molar-refractivity contribution is 6.35. The van der Waals surface area contributed by atoms with Crippen LogP contribution in [0.1, 0.15) is 37.8 Å². The molecule has 0 amide bonds. The Labute approximate surface area is 125 Å². The first-order valence-electron chi connectivity index (χ1n) is 6.96. The molecule has 0 bridgehead atoms. The maximum atomic E-state index is 6.26. The molecule has 0 spiro atoms. The van der Waals surface area contributed by atoms with Crippen LogP contribution in [0.4, 0.5) is 0 Å². The lowest BCUT2D eigenvalue weighted by atomic mass is 10.0. The van der Waals surface area contributed by atoms with E-state index in [1.165, 1.54) is 12.8 Å². The van der Waals surface area contributed by atoms with Crippen LogP contribution in [-0.2, 0) is 4.74 Å². The third-order valence-electron chi connectivity index (χ3n) is 3.71. The van der Waals surface area contributed by atoms with E-state index < -0.39 is 0 Å². The van der Waals surface area contributed by atoms with Gasteiger partial charge in [0, 0.05) is 29.3 Å². The Kier molecular flexibility index (Phi) is 5.96. The standard InChI is InChI=1S/C15H21Cl2NO/c1-2-15(13-4-3-12(16)9-14(13)17)18-7-5-11-6-8-19-10-11/h3-4,9,11,15,18H,2,5-8,10H2,1H3. The smallest absolute Gasteiger partial charge is 0.0495 e. The van der Waals surface area contributed by atoms with Gasteiger partial charge in [0.2, 0.25) is 0 Å². The second kappa shape index (κ2) is 7.49. The molecule has 2 atom stereocenters. The molecule has 2 nitrogen and oxygen atoms in total. The van der Waals surface area contributed by atoms with Crippen molar-refractivity contribution in [2.24, 2.45) is 5.92 Å². The van der Waals surface area contributed by atoms with Crippen LogP contribution in [0.3, 0.4) is 0 Å². The van der Waals surface area contributed by atoms with Crippen LogP contribution in [-0.4, -0.2) is 19.8 Å². The van der Waals surface area contributed by atoms with Crippen molar-refractivity contribution in [3.05, 3.63) is 33.8 Å². The van der Waals surface area contributed by atoms with Gasteiger partial charge in [-0.2, -0.15) is 0 Å². The van der Waals surface area contributed by atoms with Gasteiger partial charge in [0.1, 0.15) is 0 Å². The van der Waals surface area contributed by atoms with E-state index in [9.17, 15) is 0 Å². The highest BCUT2D eigenvalue weighted by Crippen LogP contribution is 2.28. The third-order valence-corrected chi connectivity index (χ3v) is 4.28. The molecule has 2 unspecified atom stereocenters. The first-order valence-corrected chi connectivity index (χ1v) is 7.72. The summed E-state index contributed by atoms with van der Waals surface area (Å²) in [4.78, 5) is 0. The molecule has 0 aromatic heterocycles. The number of hydrogen-bond donors (Lipinski definition) is 1. The molecule has 0 aliphatic carbocycles. The quantitative estimate of drug-likeness (QED) is 0.837. The normalized spacial score (nSPS) is 20.7. The van der Waals surface area contributed by atoms with Crippen LogP contribution in [0.5, 0.6) is 0 Å². The number of ether oxygens (including phenoxy) is 1. The summed E-state index contributed by atoms with van der Waals surface area (Å²) in [7, 11) is 0. The SMILES string of the molecule is CCC(NCCC1CCOC1)c1ccc(Cl)cc1Cl. The van der Waals surface area contributed by atoms with E-state index in [0.29, 0.717) is 17.0 Å². The average Bonchev–Trinajstić information content (AvgIpc) is 2.89. The van der Waals surface area contributed by atoms with Crippen molar-refractivity contribution in [2.45, 2.75) is 32.2 Å². The van der Waals surface area contributed by atoms with E-state index in [-0.39, 0.29) is 0 Å². The third kappa shape index (κ3) is 4.35. The molecule has 0 radical (unpaired) electrons. The van der Waals surface area contributed by atoms with Crippen molar-refractivity contribution in [1.82, 2.24) is 5.32 Å². The number of rotatable bonds is 6. The van der Waals surface area contributed by atoms with Gasteiger partial charge >= 0.3 is 0 Å². The minimum absolute atomic E-state index is 0.298. The molecule has 1 fully saturated rings. The molecule has 1 aliphatic rings. The maximum absolute atomic E-state index is 6.26. The molecule has 2 rings (SSSR count). The first kappa shape index (κ1) is 15.1. The van der Waals surface area contributed by atoms with Gasteiger partial charge < -0.3 is 10.1 Å². The fourth-order valence-electron chi connectivity index (χ4n) is 2.53. The Hall–Kier alpha value is -0.280. The second-order valence-corrected chi connectivity index (χ2v) is 5.94. The van der Waals surface area contributed by atoms with E-state index in [2.05, 4.69) is 12.2 Å². The Morgan fingerprint density at radius 3 is 2.89 bits per heavy atom. The summed E-state index contributed by atoms with van der Waals surface area (Å²) in [5, 5.41) is 5.02. The van der Waals surface area contributed by atoms with Gasteiger partial charge in [-0.15, -0.1) is 0 Å². The highest BCUT2D eigenvalue weighted by atomic mass is 35.5. The Balaban J connectivity index is 1.88. The van der Waals surface area contributed by atoms with Crippen LogP contribution >= 0.6 is 23.2 Å². The van der Waals surface area contributed by atoms with Gasteiger partial charge in [-0.3, -0.25) is 0 Å². The number of nitrogens with one attached hydrogen (secondary N) is 1. The lowest BCUT2D eigenvalue weighted by Gasteiger charge is -2.20. The van der Waals surface area contributed by atoms with Gasteiger partial charge in [-0.1, -0.05) is 36.2 Å². The number of halogens is 2. The van der Waals surface area contributed by atoms with E-state index in [0.717, 1.165) is 36.8 Å². The molecule has 1 heterocycles. The summed E-state index contributed by atoms with van der Waals surface area (Å²) in [5.41, 5.74) is 1.14. The molecule has 106 valence electrons. The fraction of sp³-hybridized carbons (Fsp3) is 0.600. The van der Waals surface area contributed by atoms with Gasteiger partial charge in [-0.05, 0) is 49.4 Å². The zero-order valence-corrected chi connectivity index (χ0v) is 12.8. The van der Waals surface area contributed by atoms with E-state index >= 15 is 0 Å². The Bertz CT molecular complexity index is 405. The van der Waals surface area contributed by atoms with Gasteiger partial charge in [0.05, 0.1) is 0 Å². The minimum Gasteiger partial charge on any atom is -0.381 e. The van der Waals surface area contributed by atoms with E-state index in [1.54, 1.807) is 0 Å². The second-order valence-electron chi connectivity index (χ2n) is 5.10. The molecule has 1 aromatic rings. The van der Waals surface area contributed by atoms with E-state index in [1.807, 2.05) is 18.2 Å². The van der Waals surface area contributed by atoms with Crippen LogP contribution in [0.2, 0.25) is 10.0 Å². The van der Waals surface area contributed by atoms with Crippen molar-refractivity contribution in [3.63, 3.8) is 0 Å². The van der Waals surface area contributed by atoms with Gasteiger partial charge in [0.15, 0.2) is 0 Å². The molecule has 1 aliphatic heterocycles. The zero-order valence-electron chi connectivity index (χ0n) is 11.3. The predicted octanol–water partition coefficient (Wildman–Crippen LogP) is 4.46. The summed E-state index contributed by atoms with van der Waals surface area (Å²) in [6, 6.07) is 6.03. The predicted molar refractivity (Wildman–Crippen MR) is 81.0 cm³/mol. The summed E-state index contributed by atoms with van der Waals surface area (Å²) >= 11 is 12.2. The number of hydrogen-bond acceptors (Lipinski definition) is 2. The van der Waals surface area contributed by atoms with Crippen LogP contribution in [0.15, 0.2) is 18.2 Å². The molecule has 1 saturated heterocycles. The van der Waals surface area contributed by atoms with Crippen molar-refractivity contribution >= 4 is 23.2 Å². The van der Waals surface area contributed by atoms with Crippen molar-refractivity contribution in [3.8, 4) is 0 Å². The van der Waals surface area contributed by atoms with Gasteiger partial charge in [-0.25, -0.2) is 0 Å². The van der Waals surface area contributed by atoms with Crippen LogP contribution < -0.4 is 5.32 Å². The lowest BCUT2D eigenvalue weighted by Crippen LogP contribution is -2.24. The highest BCUT2D eigenvalue weighted by Gasteiger charge is 2.17. The largest absolute Gasteiger partial charge is 0.381 e. The molecular weight excluding hydrogens is 281 g/mol. The molecular formula is C15H21Cl2NO. The summed E-state index contributed by atoms with van der Waals surface area (Å²) in [6.07, 6.45) is 3.38. The molecule has 1 aromatic carbocycles. The maximum Gasteiger partial charge on any atom is 0.0495 e. The summed E-state index contributed by atoms with van der Waals surface area (Å²) < 4.78 is 5.39. The average molecular weight is 302 g/mol. The van der Waals surface area contributed by atoms with Crippen molar-refractivity contribution in [2.75, 3.05) is 19.8 Å². The zero-order chi connectivity index (χ0) is 13.7. The van der Waals surface area contributed by atoms with Crippen molar-refractivity contribution in [1.29, 1.82) is 0 Å².